The molecule has 0 aliphatic heterocycles. The second-order valence-corrected chi connectivity index (χ2v) is 5.58. The number of para-hydroxylation sites is 1. The van der Waals surface area contributed by atoms with Gasteiger partial charge in [0.2, 0.25) is 0 Å². The molecule has 106 valence electrons. The van der Waals surface area contributed by atoms with Crippen molar-refractivity contribution in [2.45, 2.75) is 19.4 Å². The van der Waals surface area contributed by atoms with E-state index >= 15 is 0 Å². The molecule has 0 atom stereocenters. The summed E-state index contributed by atoms with van der Waals surface area (Å²) in [5.41, 5.74) is 3.18. The van der Waals surface area contributed by atoms with Crippen molar-refractivity contribution in [1.29, 1.82) is 0 Å². The molecule has 2 rings (SSSR count). The Morgan fingerprint density at radius 2 is 2.00 bits per heavy atom. The molecular formula is C16H16BrClO2. The third-order valence-electron chi connectivity index (χ3n) is 3.04. The van der Waals surface area contributed by atoms with Crippen LogP contribution in [0.15, 0.2) is 40.9 Å². The summed E-state index contributed by atoms with van der Waals surface area (Å²) in [4.78, 5) is 0. The summed E-state index contributed by atoms with van der Waals surface area (Å²) in [6.45, 7) is 2.52. The lowest BCUT2D eigenvalue weighted by atomic mass is 10.1. The topological polar surface area (TPSA) is 18.5 Å². The first-order valence-corrected chi connectivity index (χ1v) is 7.58. The van der Waals surface area contributed by atoms with E-state index in [9.17, 15) is 0 Å². The molecule has 2 aromatic carbocycles. The Morgan fingerprint density at radius 1 is 1.20 bits per heavy atom. The molecule has 0 bridgehead atoms. The van der Waals surface area contributed by atoms with Crippen LogP contribution in [-0.4, -0.2) is 7.11 Å². The highest BCUT2D eigenvalue weighted by molar-refractivity contribution is 9.10. The van der Waals surface area contributed by atoms with Gasteiger partial charge in [0.25, 0.3) is 0 Å². The monoisotopic (exact) mass is 354 g/mol. The van der Waals surface area contributed by atoms with Gasteiger partial charge in [-0.05, 0) is 46.1 Å². The van der Waals surface area contributed by atoms with Gasteiger partial charge < -0.3 is 9.47 Å². The number of methoxy groups -OCH3 is 1. The lowest BCUT2D eigenvalue weighted by molar-refractivity contribution is 0.301. The number of alkyl halides is 1. The normalized spacial score (nSPS) is 10.4. The van der Waals surface area contributed by atoms with Gasteiger partial charge in [0.15, 0.2) is 0 Å². The molecule has 0 aromatic heterocycles. The largest absolute Gasteiger partial charge is 0.496 e. The molecule has 20 heavy (non-hydrogen) atoms. The fourth-order valence-corrected chi connectivity index (χ4v) is 2.78. The SMILES string of the molecule is COc1ccc(COc2c(C)cccc2CCl)cc1Br. The highest BCUT2D eigenvalue weighted by Gasteiger charge is 2.07. The zero-order chi connectivity index (χ0) is 14.5. The van der Waals surface area contributed by atoms with E-state index in [4.69, 9.17) is 21.1 Å². The Bertz CT molecular complexity index is 599. The van der Waals surface area contributed by atoms with E-state index in [1.807, 2.05) is 43.3 Å². The van der Waals surface area contributed by atoms with Crippen LogP contribution in [0.3, 0.4) is 0 Å². The van der Waals surface area contributed by atoms with E-state index in [1.54, 1.807) is 7.11 Å². The Morgan fingerprint density at radius 3 is 2.65 bits per heavy atom. The highest BCUT2D eigenvalue weighted by Crippen LogP contribution is 2.28. The minimum absolute atomic E-state index is 0.448. The minimum atomic E-state index is 0.448. The number of ether oxygens (including phenoxy) is 2. The smallest absolute Gasteiger partial charge is 0.133 e. The number of benzene rings is 2. The Kier molecular flexibility index (Phi) is 5.32. The van der Waals surface area contributed by atoms with Crippen molar-refractivity contribution < 1.29 is 9.47 Å². The van der Waals surface area contributed by atoms with E-state index < -0.39 is 0 Å². The first-order chi connectivity index (χ1) is 9.65. The summed E-state index contributed by atoms with van der Waals surface area (Å²) < 4.78 is 12.1. The fourth-order valence-electron chi connectivity index (χ4n) is 1.98. The molecule has 0 radical (unpaired) electrons. The zero-order valence-electron chi connectivity index (χ0n) is 11.5. The molecule has 0 spiro atoms. The van der Waals surface area contributed by atoms with Gasteiger partial charge >= 0.3 is 0 Å². The maximum absolute atomic E-state index is 5.95. The Balaban J connectivity index is 2.15. The first-order valence-electron chi connectivity index (χ1n) is 6.25. The van der Waals surface area contributed by atoms with Crippen LogP contribution in [0.5, 0.6) is 11.5 Å². The molecule has 4 heteroatoms. The third-order valence-corrected chi connectivity index (χ3v) is 3.94. The van der Waals surface area contributed by atoms with Gasteiger partial charge in [0.05, 0.1) is 17.5 Å². The summed E-state index contributed by atoms with van der Waals surface area (Å²) >= 11 is 9.42. The number of rotatable bonds is 5. The van der Waals surface area contributed by atoms with E-state index in [0.29, 0.717) is 12.5 Å². The van der Waals surface area contributed by atoms with E-state index in [0.717, 1.165) is 32.7 Å². The average Bonchev–Trinajstić information content (AvgIpc) is 2.46. The van der Waals surface area contributed by atoms with Gasteiger partial charge in [0.1, 0.15) is 18.1 Å². The summed E-state index contributed by atoms with van der Waals surface area (Å²) in [6, 6.07) is 11.9. The Hall–Kier alpha value is -1.19. The molecule has 0 aliphatic rings. The van der Waals surface area contributed by atoms with Crippen molar-refractivity contribution in [3.05, 3.63) is 57.6 Å². The summed E-state index contributed by atoms with van der Waals surface area (Å²) in [7, 11) is 1.65. The van der Waals surface area contributed by atoms with Crippen molar-refractivity contribution in [2.75, 3.05) is 7.11 Å². The minimum Gasteiger partial charge on any atom is -0.496 e. The van der Waals surface area contributed by atoms with Crippen LogP contribution in [0.4, 0.5) is 0 Å². The molecule has 0 unspecified atom stereocenters. The maximum atomic E-state index is 5.95. The molecule has 0 heterocycles. The fraction of sp³-hybridized carbons (Fsp3) is 0.250. The zero-order valence-corrected chi connectivity index (χ0v) is 13.8. The van der Waals surface area contributed by atoms with Crippen LogP contribution in [0, 0.1) is 6.92 Å². The van der Waals surface area contributed by atoms with Gasteiger partial charge in [-0.25, -0.2) is 0 Å². The standard InChI is InChI=1S/C16H16BrClO2/c1-11-4-3-5-13(9-18)16(11)20-10-12-6-7-15(19-2)14(17)8-12/h3-8H,9-10H2,1-2H3. The second kappa shape index (κ2) is 7.00. The summed E-state index contributed by atoms with van der Waals surface area (Å²) in [5, 5.41) is 0. The molecule has 0 fully saturated rings. The van der Waals surface area contributed by atoms with Gasteiger partial charge in [-0.3, -0.25) is 0 Å². The van der Waals surface area contributed by atoms with Crippen LogP contribution in [0.25, 0.3) is 0 Å². The third kappa shape index (κ3) is 3.47. The predicted molar refractivity (Wildman–Crippen MR) is 85.8 cm³/mol. The van der Waals surface area contributed by atoms with Crippen LogP contribution >= 0.6 is 27.5 Å². The van der Waals surface area contributed by atoms with E-state index in [1.165, 1.54) is 0 Å². The number of hydrogen-bond acceptors (Lipinski definition) is 2. The van der Waals surface area contributed by atoms with Crippen molar-refractivity contribution in [3.63, 3.8) is 0 Å². The van der Waals surface area contributed by atoms with Gasteiger partial charge in [-0.1, -0.05) is 24.3 Å². The lowest BCUT2D eigenvalue weighted by Gasteiger charge is -2.13. The van der Waals surface area contributed by atoms with E-state index in [2.05, 4.69) is 15.9 Å². The molecule has 0 N–H and O–H groups in total. The van der Waals surface area contributed by atoms with Crippen LogP contribution in [0.1, 0.15) is 16.7 Å². The summed E-state index contributed by atoms with van der Waals surface area (Å²) in [6.07, 6.45) is 0. The molecule has 2 nitrogen and oxygen atoms in total. The molecule has 0 saturated heterocycles. The summed E-state index contributed by atoms with van der Waals surface area (Å²) in [5.74, 6) is 2.13. The van der Waals surface area contributed by atoms with Crippen molar-refractivity contribution in [3.8, 4) is 11.5 Å². The number of hydrogen-bond donors (Lipinski definition) is 0. The first kappa shape index (κ1) is 15.2. The quantitative estimate of drug-likeness (QED) is 0.696. The van der Waals surface area contributed by atoms with Crippen molar-refractivity contribution in [2.24, 2.45) is 0 Å². The lowest BCUT2D eigenvalue weighted by Crippen LogP contribution is -2.00. The van der Waals surface area contributed by atoms with Crippen LogP contribution < -0.4 is 9.47 Å². The molecular weight excluding hydrogens is 340 g/mol. The Labute approximate surface area is 132 Å². The molecule has 0 saturated carbocycles. The van der Waals surface area contributed by atoms with Crippen LogP contribution in [0.2, 0.25) is 0 Å². The highest BCUT2D eigenvalue weighted by atomic mass is 79.9. The van der Waals surface area contributed by atoms with Crippen molar-refractivity contribution >= 4 is 27.5 Å². The van der Waals surface area contributed by atoms with Crippen LogP contribution in [-0.2, 0) is 12.5 Å². The van der Waals surface area contributed by atoms with Gasteiger partial charge in [-0.15, -0.1) is 11.6 Å². The van der Waals surface area contributed by atoms with Gasteiger partial charge in [-0.2, -0.15) is 0 Å². The number of aryl methyl sites for hydroxylation is 1. The molecule has 0 amide bonds. The second-order valence-electron chi connectivity index (χ2n) is 4.45. The van der Waals surface area contributed by atoms with Gasteiger partial charge in [0, 0.05) is 5.56 Å². The average molecular weight is 356 g/mol. The van der Waals surface area contributed by atoms with E-state index in [-0.39, 0.29) is 0 Å². The molecule has 0 aliphatic carbocycles. The maximum Gasteiger partial charge on any atom is 0.133 e. The predicted octanol–water partition coefficient (Wildman–Crippen LogP) is 5.08. The number of halogens is 2. The molecule has 2 aromatic rings. The van der Waals surface area contributed by atoms with Crippen molar-refractivity contribution in [1.82, 2.24) is 0 Å².